The monoisotopic (exact) mass is 477 g/mol. The lowest BCUT2D eigenvalue weighted by atomic mass is 9.77. The standard InChI is InChI=1S/C30H27N3O3/c1-3-33(4-2)22-12-14-24-28(18-22)35-27-15-11-21(32-20-8-6-5-7-9-20)17-26(27)30(24)25-16-19(31)10-13-23(25)29(34)36-30/h5-18,32H,3-4,31H2,1-2H3. The van der Waals surface area contributed by atoms with Crippen LogP contribution in [0.25, 0.3) is 0 Å². The summed E-state index contributed by atoms with van der Waals surface area (Å²) < 4.78 is 12.8. The zero-order valence-electron chi connectivity index (χ0n) is 20.2. The highest BCUT2D eigenvalue weighted by Gasteiger charge is 2.53. The number of nitrogens with one attached hydrogen (secondary N) is 1. The van der Waals surface area contributed by atoms with Crippen molar-refractivity contribution in [2.75, 3.05) is 29.0 Å². The van der Waals surface area contributed by atoms with E-state index in [9.17, 15) is 4.79 Å². The molecule has 0 aliphatic carbocycles. The van der Waals surface area contributed by atoms with Crippen molar-refractivity contribution < 1.29 is 14.3 Å². The van der Waals surface area contributed by atoms with E-state index < -0.39 is 5.60 Å². The number of para-hydroxylation sites is 1. The van der Waals surface area contributed by atoms with E-state index in [4.69, 9.17) is 15.2 Å². The van der Waals surface area contributed by atoms with E-state index in [-0.39, 0.29) is 5.97 Å². The summed E-state index contributed by atoms with van der Waals surface area (Å²) in [6.07, 6.45) is 0. The molecule has 180 valence electrons. The third kappa shape index (κ3) is 3.29. The number of anilines is 4. The van der Waals surface area contributed by atoms with Crippen molar-refractivity contribution in [3.8, 4) is 11.5 Å². The Bertz CT molecular complexity index is 1480. The third-order valence-corrected chi connectivity index (χ3v) is 7.00. The number of fused-ring (bicyclic) bond motifs is 6. The van der Waals surface area contributed by atoms with E-state index in [0.717, 1.165) is 46.8 Å². The van der Waals surface area contributed by atoms with Crippen molar-refractivity contribution in [1.82, 2.24) is 0 Å². The summed E-state index contributed by atoms with van der Waals surface area (Å²) in [5, 5.41) is 3.44. The van der Waals surface area contributed by atoms with Crippen LogP contribution in [-0.2, 0) is 10.3 Å². The summed E-state index contributed by atoms with van der Waals surface area (Å²) in [4.78, 5) is 15.4. The number of esters is 1. The fourth-order valence-electron chi connectivity index (χ4n) is 5.28. The minimum Gasteiger partial charge on any atom is -0.456 e. The number of hydrogen-bond donors (Lipinski definition) is 2. The van der Waals surface area contributed by atoms with E-state index in [1.807, 2.05) is 66.7 Å². The van der Waals surface area contributed by atoms with E-state index in [1.165, 1.54) is 0 Å². The van der Waals surface area contributed by atoms with Gasteiger partial charge in [0.25, 0.3) is 0 Å². The predicted octanol–water partition coefficient (Wildman–Crippen LogP) is 6.43. The first-order valence-corrected chi connectivity index (χ1v) is 12.2. The van der Waals surface area contributed by atoms with Crippen LogP contribution in [0.4, 0.5) is 22.7 Å². The van der Waals surface area contributed by atoms with Crippen LogP contribution < -0.4 is 20.7 Å². The van der Waals surface area contributed by atoms with Gasteiger partial charge in [-0.25, -0.2) is 4.79 Å². The number of ether oxygens (including phenoxy) is 2. The van der Waals surface area contributed by atoms with Gasteiger partial charge in [0.05, 0.1) is 5.56 Å². The highest BCUT2D eigenvalue weighted by molar-refractivity contribution is 5.97. The number of hydrogen-bond acceptors (Lipinski definition) is 6. The third-order valence-electron chi connectivity index (χ3n) is 7.00. The summed E-state index contributed by atoms with van der Waals surface area (Å²) in [7, 11) is 0. The van der Waals surface area contributed by atoms with Gasteiger partial charge in [-0.05, 0) is 74.5 Å². The molecule has 0 bridgehead atoms. The molecule has 0 radical (unpaired) electrons. The molecule has 3 N–H and O–H groups in total. The van der Waals surface area contributed by atoms with Gasteiger partial charge >= 0.3 is 5.97 Å². The van der Waals surface area contributed by atoms with Crippen LogP contribution in [0, 0.1) is 0 Å². The Kier molecular flexibility index (Phi) is 5.11. The lowest BCUT2D eigenvalue weighted by Gasteiger charge is -2.37. The number of rotatable bonds is 5. The van der Waals surface area contributed by atoms with Gasteiger partial charge in [0, 0.05) is 58.6 Å². The maximum Gasteiger partial charge on any atom is 0.340 e. The van der Waals surface area contributed by atoms with E-state index >= 15 is 0 Å². The van der Waals surface area contributed by atoms with Crippen molar-refractivity contribution in [3.05, 3.63) is 107 Å². The molecule has 2 heterocycles. The van der Waals surface area contributed by atoms with Gasteiger partial charge in [0.2, 0.25) is 0 Å². The Morgan fingerprint density at radius 2 is 1.61 bits per heavy atom. The van der Waals surface area contributed by atoms with Crippen molar-refractivity contribution in [2.24, 2.45) is 0 Å². The molecule has 2 aliphatic heterocycles. The summed E-state index contributed by atoms with van der Waals surface area (Å²) in [5.41, 5.74) is 11.3. The molecule has 1 atom stereocenters. The van der Waals surface area contributed by atoms with Crippen LogP contribution in [0.3, 0.4) is 0 Å². The van der Waals surface area contributed by atoms with Crippen LogP contribution in [0.15, 0.2) is 84.9 Å². The average molecular weight is 478 g/mol. The van der Waals surface area contributed by atoms with Gasteiger partial charge in [-0.2, -0.15) is 0 Å². The first-order chi connectivity index (χ1) is 17.5. The van der Waals surface area contributed by atoms with Gasteiger partial charge in [-0.15, -0.1) is 0 Å². The van der Waals surface area contributed by atoms with Gasteiger partial charge in [0.1, 0.15) is 11.5 Å². The molecule has 1 spiro atoms. The first kappa shape index (κ1) is 22.0. The Morgan fingerprint density at radius 3 is 2.39 bits per heavy atom. The molecule has 0 fully saturated rings. The molecule has 6 heteroatoms. The molecule has 1 unspecified atom stereocenters. The smallest absolute Gasteiger partial charge is 0.340 e. The molecule has 0 amide bonds. The quantitative estimate of drug-likeness (QED) is 0.255. The second-order valence-corrected chi connectivity index (χ2v) is 9.03. The molecule has 0 aromatic heterocycles. The Labute approximate surface area is 210 Å². The van der Waals surface area contributed by atoms with Gasteiger partial charge in [-0.1, -0.05) is 18.2 Å². The van der Waals surface area contributed by atoms with Gasteiger partial charge < -0.3 is 25.4 Å². The van der Waals surface area contributed by atoms with Gasteiger partial charge in [-0.3, -0.25) is 0 Å². The molecule has 4 aromatic carbocycles. The zero-order chi connectivity index (χ0) is 24.9. The van der Waals surface area contributed by atoms with Crippen molar-refractivity contribution in [3.63, 3.8) is 0 Å². The van der Waals surface area contributed by atoms with Crippen LogP contribution in [0.1, 0.15) is 40.9 Å². The lowest BCUT2D eigenvalue weighted by molar-refractivity contribution is 0.0224. The molecule has 0 saturated heterocycles. The number of carbonyl (C=O) groups is 1. The van der Waals surface area contributed by atoms with E-state index in [0.29, 0.717) is 22.7 Å². The predicted molar refractivity (Wildman–Crippen MR) is 142 cm³/mol. The molecule has 6 nitrogen and oxygen atoms in total. The number of nitrogen functional groups attached to an aromatic ring is 1. The summed E-state index contributed by atoms with van der Waals surface area (Å²) in [6, 6.07) is 27.2. The molecule has 4 aromatic rings. The number of carbonyl (C=O) groups excluding carboxylic acids is 1. The van der Waals surface area contributed by atoms with Crippen molar-refractivity contribution in [2.45, 2.75) is 19.4 Å². The van der Waals surface area contributed by atoms with Gasteiger partial charge in [0.15, 0.2) is 5.60 Å². The summed E-state index contributed by atoms with van der Waals surface area (Å²) in [6.45, 7) is 6.00. The lowest BCUT2D eigenvalue weighted by Crippen LogP contribution is -2.33. The maximum atomic E-state index is 13.2. The molecular weight excluding hydrogens is 450 g/mol. The fraction of sp³-hybridized carbons (Fsp3) is 0.167. The Morgan fingerprint density at radius 1 is 0.806 bits per heavy atom. The largest absolute Gasteiger partial charge is 0.456 e. The molecular formula is C30H27N3O3. The summed E-state index contributed by atoms with van der Waals surface area (Å²) >= 11 is 0. The van der Waals surface area contributed by atoms with Crippen LogP contribution in [-0.4, -0.2) is 19.1 Å². The maximum absolute atomic E-state index is 13.2. The topological polar surface area (TPSA) is 76.8 Å². The van der Waals surface area contributed by atoms with Crippen LogP contribution >= 0.6 is 0 Å². The molecule has 2 aliphatic rings. The summed E-state index contributed by atoms with van der Waals surface area (Å²) in [5.74, 6) is 0.928. The van der Waals surface area contributed by atoms with Crippen molar-refractivity contribution >= 4 is 28.7 Å². The van der Waals surface area contributed by atoms with Crippen molar-refractivity contribution in [1.29, 1.82) is 0 Å². The van der Waals surface area contributed by atoms with E-state index in [1.54, 1.807) is 12.1 Å². The zero-order valence-corrected chi connectivity index (χ0v) is 20.2. The second kappa shape index (κ2) is 8.34. The Balaban J connectivity index is 1.57. The second-order valence-electron chi connectivity index (χ2n) is 9.03. The molecule has 6 rings (SSSR count). The number of benzene rings is 4. The first-order valence-electron chi connectivity index (χ1n) is 12.2. The van der Waals surface area contributed by atoms with Crippen LogP contribution in [0.5, 0.6) is 11.5 Å². The Hall–Kier alpha value is -4.45. The fourth-order valence-corrected chi connectivity index (χ4v) is 5.28. The van der Waals surface area contributed by atoms with E-state index in [2.05, 4.69) is 30.1 Å². The minimum atomic E-state index is -1.17. The molecule has 0 saturated carbocycles. The number of nitrogens with two attached hydrogens (primary N) is 1. The SMILES string of the molecule is CCN(CC)c1ccc2c(c1)Oc1ccc(Nc3ccccc3)cc1C21OC(=O)c2ccc(N)cc21. The highest BCUT2D eigenvalue weighted by atomic mass is 16.6. The normalized spacial score (nSPS) is 17.0. The number of nitrogens with zero attached hydrogens (tertiary/aromatic N) is 1. The average Bonchev–Trinajstić information content (AvgIpc) is 3.17. The van der Waals surface area contributed by atoms with Crippen LogP contribution in [0.2, 0.25) is 0 Å². The highest BCUT2D eigenvalue weighted by Crippen LogP contribution is 2.57. The minimum absolute atomic E-state index is 0.377. The molecule has 36 heavy (non-hydrogen) atoms.